The molecule has 26 heavy (non-hydrogen) atoms. The molecule has 0 bridgehead atoms. The fourth-order valence-corrected chi connectivity index (χ4v) is 4.28. The Morgan fingerprint density at radius 3 is 2.77 bits per heavy atom. The van der Waals surface area contributed by atoms with Crippen molar-refractivity contribution >= 4 is 57.8 Å². The summed E-state index contributed by atoms with van der Waals surface area (Å²) >= 11 is 12.8. The highest BCUT2D eigenvalue weighted by molar-refractivity contribution is 8.26. The van der Waals surface area contributed by atoms with E-state index in [1.54, 1.807) is 17.0 Å². The molecule has 2 fully saturated rings. The van der Waals surface area contributed by atoms with Crippen molar-refractivity contribution in [2.75, 3.05) is 32.8 Å². The van der Waals surface area contributed by atoms with Crippen molar-refractivity contribution in [1.82, 2.24) is 9.80 Å². The normalized spacial score (nSPS) is 19.5. The van der Waals surface area contributed by atoms with Gasteiger partial charge in [0.15, 0.2) is 0 Å². The van der Waals surface area contributed by atoms with E-state index in [-0.39, 0.29) is 11.8 Å². The summed E-state index contributed by atoms with van der Waals surface area (Å²) in [4.78, 5) is 28.7. The number of nitrogens with zero attached hydrogens (tertiary/aromatic N) is 2. The maximum Gasteiger partial charge on any atom is 0.266 e. The van der Waals surface area contributed by atoms with Crippen LogP contribution in [-0.4, -0.2) is 58.8 Å². The summed E-state index contributed by atoms with van der Waals surface area (Å²) in [5.74, 6) is -0.0240. The molecule has 2 amide bonds. The number of benzene rings is 1. The number of rotatable bonds is 5. The van der Waals surface area contributed by atoms with E-state index < -0.39 is 0 Å². The molecule has 0 aromatic heterocycles. The van der Waals surface area contributed by atoms with Crippen molar-refractivity contribution in [3.63, 3.8) is 0 Å². The monoisotopic (exact) mass is 410 g/mol. The van der Waals surface area contributed by atoms with Crippen molar-refractivity contribution in [3.05, 3.63) is 39.8 Å². The number of thiocarbonyl (C=S) groups is 1. The van der Waals surface area contributed by atoms with E-state index in [0.29, 0.717) is 59.9 Å². The molecule has 2 aliphatic rings. The van der Waals surface area contributed by atoms with E-state index in [9.17, 15) is 9.59 Å². The van der Waals surface area contributed by atoms with Crippen molar-refractivity contribution in [2.24, 2.45) is 0 Å². The van der Waals surface area contributed by atoms with E-state index in [1.807, 2.05) is 23.1 Å². The van der Waals surface area contributed by atoms with Gasteiger partial charge in [-0.3, -0.25) is 14.5 Å². The van der Waals surface area contributed by atoms with Gasteiger partial charge >= 0.3 is 0 Å². The van der Waals surface area contributed by atoms with Crippen LogP contribution in [0.25, 0.3) is 6.08 Å². The average molecular weight is 411 g/mol. The Balaban J connectivity index is 1.56. The first-order valence-corrected chi connectivity index (χ1v) is 10.0. The van der Waals surface area contributed by atoms with Gasteiger partial charge in [-0.25, -0.2) is 0 Å². The Hall–Kier alpha value is -1.41. The van der Waals surface area contributed by atoms with Crippen molar-refractivity contribution in [2.45, 2.75) is 12.8 Å². The third kappa shape index (κ3) is 4.65. The zero-order valence-corrected chi connectivity index (χ0v) is 16.5. The molecule has 0 N–H and O–H groups in total. The Bertz CT molecular complexity index is 748. The van der Waals surface area contributed by atoms with Crippen LogP contribution in [0.5, 0.6) is 0 Å². The molecule has 0 saturated carbocycles. The minimum Gasteiger partial charge on any atom is -0.378 e. The molecule has 0 spiro atoms. The van der Waals surface area contributed by atoms with Crippen molar-refractivity contribution in [3.8, 4) is 0 Å². The molecule has 5 nitrogen and oxygen atoms in total. The first kappa shape index (κ1) is 19.4. The summed E-state index contributed by atoms with van der Waals surface area (Å²) in [6.07, 6.45) is 2.75. The molecular formula is C18H19ClN2O3S2. The second-order valence-electron chi connectivity index (χ2n) is 5.95. The van der Waals surface area contributed by atoms with Gasteiger partial charge in [-0.15, -0.1) is 0 Å². The third-order valence-corrected chi connectivity index (χ3v) is 5.92. The minimum absolute atomic E-state index is 0.102. The molecule has 0 radical (unpaired) electrons. The number of amides is 2. The lowest BCUT2D eigenvalue weighted by Gasteiger charge is -2.27. The van der Waals surface area contributed by atoms with Gasteiger partial charge in [0, 0.05) is 31.1 Å². The van der Waals surface area contributed by atoms with E-state index in [1.165, 1.54) is 11.8 Å². The zero-order chi connectivity index (χ0) is 18.5. The molecule has 1 aromatic rings. The van der Waals surface area contributed by atoms with Gasteiger partial charge in [-0.05, 0) is 24.1 Å². The number of ether oxygens (including phenoxy) is 1. The van der Waals surface area contributed by atoms with Crippen LogP contribution >= 0.6 is 35.6 Å². The number of carbonyl (C=O) groups excluding carboxylic acids is 2. The summed E-state index contributed by atoms with van der Waals surface area (Å²) < 4.78 is 5.77. The molecule has 1 aromatic carbocycles. The predicted octanol–water partition coefficient (Wildman–Crippen LogP) is 3.18. The first-order valence-electron chi connectivity index (χ1n) is 8.41. The van der Waals surface area contributed by atoms with Crippen LogP contribution in [0, 0.1) is 0 Å². The van der Waals surface area contributed by atoms with Crippen LogP contribution in [0.2, 0.25) is 5.02 Å². The lowest BCUT2D eigenvalue weighted by Crippen LogP contribution is -2.41. The van der Waals surface area contributed by atoms with E-state index in [0.717, 1.165) is 5.56 Å². The summed E-state index contributed by atoms with van der Waals surface area (Å²) in [7, 11) is 0. The molecule has 0 atom stereocenters. The third-order valence-electron chi connectivity index (χ3n) is 4.20. The Kier molecular flexibility index (Phi) is 6.69. The van der Waals surface area contributed by atoms with Gasteiger partial charge in [0.1, 0.15) is 4.32 Å². The topological polar surface area (TPSA) is 49.9 Å². The van der Waals surface area contributed by atoms with Gasteiger partial charge < -0.3 is 9.64 Å². The van der Waals surface area contributed by atoms with Crippen molar-refractivity contribution in [1.29, 1.82) is 0 Å². The molecule has 3 rings (SSSR count). The SMILES string of the molecule is O=C(CCCN1C(=O)/C(=C/c2ccccc2Cl)SC1=S)N1CCOCC1. The van der Waals surface area contributed by atoms with Gasteiger partial charge in [-0.1, -0.05) is 53.8 Å². The highest BCUT2D eigenvalue weighted by Gasteiger charge is 2.32. The Morgan fingerprint density at radius 2 is 2.04 bits per heavy atom. The van der Waals surface area contributed by atoms with Gasteiger partial charge in [-0.2, -0.15) is 0 Å². The quantitative estimate of drug-likeness (QED) is 0.551. The van der Waals surface area contributed by atoms with Gasteiger partial charge in [0.05, 0.1) is 18.1 Å². The first-order chi connectivity index (χ1) is 12.6. The van der Waals surface area contributed by atoms with Gasteiger partial charge in [0.2, 0.25) is 5.91 Å². The Labute approximate surface area is 167 Å². The van der Waals surface area contributed by atoms with Crippen LogP contribution in [-0.2, 0) is 14.3 Å². The maximum absolute atomic E-state index is 12.6. The minimum atomic E-state index is -0.126. The van der Waals surface area contributed by atoms with Crippen LogP contribution in [0.4, 0.5) is 0 Å². The maximum atomic E-state index is 12.6. The Morgan fingerprint density at radius 1 is 1.31 bits per heavy atom. The van der Waals surface area contributed by atoms with E-state index in [4.69, 9.17) is 28.6 Å². The molecule has 2 saturated heterocycles. The lowest BCUT2D eigenvalue weighted by atomic mass is 10.2. The fourth-order valence-electron chi connectivity index (χ4n) is 2.79. The number of hydrogen-bond acceptors (Lipinski definition) is 5. The average Bonchev–Trinajstić information content (AvgIpc) is 2.91. The number of carbonyl (C=O) groups is 2. The number of hydrogen-bond donors (Lipinski definition) is 0. The van der Waals surface area contributed by atoms with Crippen molar-refractivity contribution < 1.29 is 14.3 Å². The standard InChI is InChI=1S/C18H19ClN2O3S2/c19-14-5-2-1-4-13(14)12-15-17(23)21(18(25)26-15)7-3-6-16(22)20-8-10-24-11-9-20/h1-2,4-5,12H,3,6-11H2/b15-12-. The lowest BCUT2D eigenvalue weighted by molar-refractivity contribution is -0.135. The smallest absolute Gasteiger partial charge is 0.266 e. The summed E-state index contributed by atoms with van der Waals surface area (Å²) in [6.45, 7) is 2.90. The highest BCUT2D eigenvalue weighted by Crippen LogP contribution is 2.33. The predicted molar refractivity (Wildman–Crippen MR) is 108 cm³/mol. The van der Waals surface area contributed by atoms with Crippen LogP contribution in [0.3, 0.4) is 0 Å². The summed E-state index contributed by atoms with van der Waals surface area (Å²) in [6, 6.07) is 7.35. The van der Waals surface area contributed by atoms with Crippen LogP contribution in [0.1, 0.15) is 18.4 Å². The largest absolute Gasteiger partial charge is 0.378 e. The molecule has 2 aliphatic heterocycles. The molecule has 0 unspecified atom stereocenters. The van der Waals surface area contributed by atoms with Gasteiger partial charge in [0.25, 0.3) is 5.91 Å². The summed E-state index contributed by atoms with van der Waals surface area (Å²) in [5, 5.41) is 0.592. The summed E-state index contributed by atoms with van der Waals surface area (Å²) in [5.41, 5.74) is 0.789. The number of halogens is 1. The second kappa shape index (κ2) is 8.99. The molecule has 0 aliphatic carbocycles. The molecule has 8 heteroatoms. The van der Waals surface area contributed by atoms with E-state index in [2.05, 4.69) is 0 Å². The molecular weight excluding hydrogens is 392 g/mol. The van der Waals surface area contributed by atoms with E-state index >= 15 is 0 Å². The highest BCUT2D eigenvalue weighted by atomic mass is 35.5. The number of morpholine rings is 1. The fraction of sp³-hybridized carbons (Fsp3) is 0.389. The zero-order valence-electron chi connectivity index (χ0n) is 14.2. The molecule has 2 heterocycles. The van der Waals surface area contributed by atoms with Crippen LogP contribution in [0.15, 0.2) is 29.2 Å². The second-order valence-corrected chi connectivity index (χ2v) is 8.03. The molecule has 138 valence electrons. The number of thioether (sulfide) groups is 1. The van der Waals surface area contributed by atoms with Crippen LogP contribution < -0.4 is 0 Å².